The molecule has 0 unspecified atom stereocenters. The van der Waals surface area contributed by atoms with Crippen molar-refractivity contribution in [3.05, 3.63) is 53.2 Å². The fourth-order valence-corrected chi connectivity index (χ4v) is 5.98. The summed E-state index contributed by atoms with van der Waals surface area (Å²) < 4.78 is 7.43. The maximum absolute atomic E-state index is 12.9. The van der Waals surface area contributed by atoms with Crippen molar-refractivity contribution in [2.45, 2.75) is 39.3 Å². The van der Waals surface area contributed by atoms with Gasteiger partial charge in [0.05, 0.1) is 47.3 Å². The first-order valence-electron chi connectivity index (χ1n) is 13.4. The van der Waals surface area contributed by atoms with Crippen LogP contribution in [0.2, 0.25) is 0 Å². The second-order valence-corrected chi connectivity index (χ2v) is 10.7. The average molecular weight is 550 g/mol. The summed E-state index contributed by atoms with van der Waals surface area (Å²) in [5.74, 6) is 0.188. The van der Waals surface area contributed by atoms with Gasteiger partial charge in [-0.1, -0.05) is 19.9 Å². The zero-order valence-corrected chi connectivity index (χ0v) is 23.4. The largest absolute Gasteiger partial charge is 0.394 e. The first kappa shape index (κ1) is 27.2. The van der Waals surface area contributed by atoms with Crippen molar-refractivity contribution in [1.29, 1.82) is 0 Å². The number of carbonyl (C=O) groups excluding carboxylic acids is 1. The number of thiophene rings is 1. The molecule has 1 aliphatic heterocycles. The predicted octanol–water partition coefficient (Wildman–Crippen LogP) is 3.09. The molecule has 5 heterocycles. The van der Waals surface area contributed by atoms with E-state index < -0.39 is 5.91 Å². The molecule has 5 rings (SSSR count). The van der Waals surface area contributed by atoms with Gasteiger partial charge in [0.2, 0.25) is 5.91 Å². The van der Waals surface area contributed by atoms with E-state index in [4.69, 9.17) is 20.4 Å². The van der Waals surface area contributed by atoms with Crippen molar-refractivity contribution in [3.63, 3.8) is 0 Å². The number of aliphatic hydroxyl groups excluding tert-OH is 1. The molecule has 39 heavy (non-hydrogen) atoms. The lowest BCUT2D eigenvalue weighted by Crippen LogP contribution is -2.45. The Labute approximate surface area is 232 Å². The lowest BCUT2D eigenvalue weighted by atomic mass is 9.97. The van der Waals surface area contributed by atoms with Crippen LogP contribution >= 0.6 is 11.3 Å². The van der Waals surface area contributed by atoms with Gasteiger partial charge in [-0.3, -0.25) is 4.79 Å². The minimum absolute atomic E-state index is 0.0898. The molecule has 0 radical (unpaired) electrons. The van der Waals surface area contributed by atoms with Gasteiger partial charge < -0.3 is 25.4 Å². The third kappa shape index (κ3) is 5.53. The summed E-state index contributed by atoms with van der Waals surface area (Å²) in [5.41, 5.74) is 10.0. The quantitative estimate of drug-likeness (QED) is 0.310. The Hall–Kier alpha value is -3.38. The van der Waals surface area contributed by atoms with Crippen LogP contribution in [0, 0.1) is 0 Å². The fraction of sp³-hybridized carbons (Fsp3) is 0.429. The molecule has 2 atom stereocenters. The van der Waals surface area contributed by atoms with Crippen LogP contribution in [0.15, 0.2) is 42.0 Å². The van der Waals surface area contributed by atoms with Crippen LogP contribution in [0.1, 0.15) is 36.7 Å². The Morgan fingerprint density at radius 3 is 2.79 bits per heavy atom. The van der Waals surface area contributed by atoms with E-state index in [0.29, 0.717) is 54.4 Å². The highest BCUT2D eigenvalue weighted by atomic mass is 32.1. The number of primary amides is 1. The van der Waals surface area contributed by atoms with Crippen molar-refractivity contribution < 1.29 is 14.6 Å². The van der Waals surface area contributed by atoms with Crippen molar-refractivity contribution in [2.75, 3.05) is 44.3 Å². The number of rotatable bonds is 10. The zero-order chi connectivity index (χ0) is 27.5. The minimum atomic E-state index is -0.502. The van der Waals surface area contributed by atoms with E-state index in [1.807, 2.05) is 29.8 Å². The smallest absolute Gasteiger partial charge is 0.249 e. The number of morpholine rings is 1. The Balaban J connectivity index is 1.66. The summed E-state index contributed by atoms with van der Waals surface area (Å²) in [6, 6.07) is 7.91. The second kappa shape index (κ2) is 11.8. The number of ether oxygens (including phenoxy) is 1. The molecular weight excluding hydrogens is 514 g/mol. The highest BCUT2D eigenvalue weighted by molar-refractivity contribution is 7.13. The van der Waals surface area contributed by atoms with E-state index >= 15 is 0 Å². The third-order valence-electron chi connectivity index (χ3n) is 7.36. The lowest BCUT2D eigenvalue weighted by molar-refractivity contribution is 0.00331. The SMILES string of the molecule is CCN(CC)[C@@H](C)Cc1c(C(N)=O)cc(-c2cnn3ccc(-c4cccs4)nc23)nc1N1CCO[C@H](CO)C1. The standard InChI is InChI=1S/C28H35N7O3S/c1-4-33(5-2)18(3)13-21-20(26(29)37)14-24(32-27(21)34-10-11-38-19(16-34)17-36)22-15-30-35-9-8-23(31-28(22)35)25-7-6-12-39-25/h6-9,12,14-15,18-19,36H,4-5,10-11,13,16-17H2,1-3H3,(H2,29,37)/t18-,19-/m0/s1. The number of hydrogen-bond donors (Lipinski definition) is 2. The molecule has 0 aromatic carbocycles. The van der Waals surface area contributed by atoms with Gasteiger partial charge in [0, 0.05) is 36.5 Å². The van der Waals surface area contributed by atoms with Crippen LogP contribution in [-0.2, 0) is 11.2 Å². The molecule has 10 nitrogen and oxygen atoms in total. The first-order chi connectivity index (χ1) is 18.9. The number of nitrogens with zero attached hydrogens (tertiary/aromatic N) is 6. The maximum Gasteiger partial charge on any atom is 0.249 e. The number of anilines is 1. The van der Waals surface area contributed by atoms with Gasteiger partial charge in [0.15, 0.2) is 5.65 Å². The Morgan fingerprint density at radius 1 is 1.28 bits per heavy atom. The van der Waals surface area contributed by atoms with Crippen LogP contribution in [0.3, 0.4) is 0 Å². The second-order valence-electron chi connectivity index (χ2n) is 9.73. The van der Waals surface area contributed by atoms with E-state index in [1.165, 1.54) is 0 Å². The number of pyridine rings is 1. The van der Waals surface area contributed by atoms with Gasteiger partial charge in [-0.15, -0.1) is 11.3 Å². The Kier molecular flexibility index (Phi) is 8.22. The van der Waals surface area contributed by atoms with Crippen molar-refractivity contribution in [1.82, 2.24) is 24.5 Å². The van der Waals surface area contributed by atoms with Gasteiger partial charge in [-0.2, -0.15) is 5.10 Å². The number of carbonyl (C=O) groups is 1. The molecule has 3 N–H and O–H groups in total. The number of fused-ring (bicyclic) bond motifs is 1. The molecule has 0 saturated carbocycles. The highest BCUT2D eigenvalue weighted by Crippen LogP contribution is 2.33. The molecule has 0 bridgehead atoms. The van der Waals surface area contributed by atoms with Gasteiger partial charge >= 0.3 is 0 Å². The van der Waals surface area contributed by atoms with Crippen LogP contribution in [0.5, 0.6) is 0 Å². The van der Waals surface area contributed by atoms with Crippen LogP contribution in [0.25, 0.3) is 27.5 Å². The molecular formula is C28H35N7O3S. The van der Waals surface area contributed by atoms with Crippen LogP contribution in [0.4, 0.5) is 5.82 Å². The van der Waals surface area contributed by atoms with Gasteiger partial charge in [-0.25, -0.2) is 14.5 Å². The number of hydrogen-bond acceptors (Lipinski definition) is 9. The predicted molar refractivity (Wildman–Crippen MR) is 153 cm³/mol. The number of nitrogens with two attached hydrogens (primary N) is 1. The molecule has 1 aliphatic rings. The molecule has 1 fully saturated rings. The molecule has 1 saturated heterocycles. The van der Waals surface area contributed by atoms with Crippen LogP contribution in [-0.4, -0.2) is 87.0 Å². The normalized spacial score (nSPS) is 16.7. The van der Waals surface area contributed by atoms with E-state index in [9.17, 15) is 9.90 Å². The van der Waals surface area contributed by atoms with E-state index in [0.717, 1.165) is 29.2 Å². The summed E-state index contributed by atoms with van der Waals surface area (Å²) in [4.78, 5) is 28.4. The van der Waals surface area contributed by atoms with Crippen molar-refractivity contribution >= 4 is 28.7 Å². The molecule has 1 amide bonds. The van der Waals surface area contributed by atoms with Gasteiger partial charge in [0.1, 0.15) is 5.82 Å². The third-order valence-corrected chi connectivity index (χ3v) is 8.26. The van der Waals surface area contributed by atoms with E-state index in [1.54, 1.807) is 28.1 Å². The molecule has 11 heteroatoms. The number of amides is 1. The Bertz CT molecular complexity index is 1430. The summed E-state index contributed by atoms with van der Waals surface area (Å²) in [6.07, 6.45) is 3.89. The zero-order valence-electron chi connectivity index (χ0n) is 22.6. The van der Waals surface area contributed by atoms with Crippen LogP contribution < -0.4 is 10.6 Å². The molecule has 4 aromatic heterocycles. The Morgan fingerprint density at radius 2 is 2.10 bits per heavy atom. The highest BCUT2D eigenvalue weighted by Gasteiger charge is 2.28. The van der Waals surface area contributed by atoms with E-state index in [-0.39, 0.29) is 18.8 Å². The van der Waals surface area contributed by atoms with Gasteiger partial charge in [-0.05, 0) is 50.0 Å². The maximum atomic E-state index is 12.9. The van der Waals surface area contributed by atoms with Crippen molar-refractivity contribution in [2.24, 2.45) is 5.73 Å². The monoisotopic (exact) mass is 549 g/mol. The fourth-order valence-electron chi connectivity index (χ4n) is 5.28. The lowest BCUT2D eigenvalue weighted by Gasteiger charge is -2.35. The minimum Gasteiger partial charge on any atom is -0.394 e. The molecule has 0 aliphatic carbocycles. The number of likely N-dealkylation sites (N-methyl/N-ethyl adjacent to an activating group) is 1. The number of aromatic nitrogens is 4. The number of aliphatic hydroxyl groups is 1. The molecule has 4 aromatic rings. The summed E-state index contributed by atoms with van der Waals surface area (Å²) in [7, 11) is 0. The first-order valence-corrected chi connectivity index (χ1v) is 14.2. The summed E-state index contributed by atoms with van der Waals surface area (Å²) in [5, 5.41) is 16.3. The van der Waals surface area contributed by atoms with E-state index in [2.05, 4.69) is 35.7 Å². The summed E-state index contributed by atoms with van der Waals surface area (Å²) in [6.45, 7) is 9.64. The summed E-state index contributed by atoms with van der Waals surface area (Å²) >= 11 is 1.62. The van der Waals surface area contributed by atoms with Gasteiger partial charge in [0.25, 0.3) is 0 Å². The topological polar surface area (TPSA) is 122 Å². The average Bonchev–Trinajstić information content (AvgIpc) is 3.64. The molecule has 0 spiro atoms. The van der Waals surface area contributed by atoms with Crippen molar-refractivity contribution in [3.8, 4) is 21.8 Å². The molecule has 206 valence electrons.